The van der Waals surface area contributed by atoms with Crippen LogP contribution in [0.1, 0.15) is 192 Å². The van der Waals surface area contributed by atoms with Crippen molar-refractivity contribution < 1.29 is 76.2 Å². The standard InChI is InChI=1S/C72H125F2N13O14/c1-19-21-30-87-39-59(90)81(14)54(33-43(3)4)64(93)76-51(67(96)86-31-26-23-27-32-86)37-58(89)80(13)47(11)62(91)77-52(41-101-40-50-38-72(73,74)42-75-50)66(95)84(17)56(35-45(7)8)68(97)82(15)53(20-2)63(92)78-60(46(9)10)70(99)85(18)57(36-49-28-24-22-25-29-49)69(98)83(16)55(34-44(5)6)65(94)79-61(48(12)88)71(87)100/h43-57,60-61,75,88H,19-42H2,1-18H3,(H,76,93)(H,77,91)(H,78,92)(H,79,94)/t47?,48-,50+,51+,52+,53+,54+,55+,56+,57+,60+,61+/m1/s1. The van der Waals surface area contributed by atoms with E-state index in [1.807, 2.05) is 48.5 Å². The Hall–Kier alpha value is -6.62. The van der Waals surface area contributed by atoms with Gasteiger partial charge in [0, 0.05) is 74.4 Å². The molecule has 4 aliphatic rings. The maximum Gasteiger partial charge on any atom is 0.261 e. The number of carbonyl (C=O) groups is 12. The van der Waals surface area contributed by atoms with E-state index in [0.717, 1.165) is 53.2 Å². The number of hydrogen-bond acceptors (Lipinski definition) is 15. The first-order chi connectivity index (χ1) is 47.3. The predicted octanol–water partition coefficient (Wildman–Crippen LogP) is 3.52. The first kappa shape index (κ1) is 86.8. The second-order valence-electron chi connectivity index (χ2n) is 30.6. The van der Waals surface area contributed by atoms with E-state index in [1.165, 1.54) is 80.6 Å². The van der Waals surface area contributed by atoms with Crippen LogP contribution in [-0.4, -0.2) is 282 Å². The third-order valence-corrected chi connectivity index (χ3v) is 20.5. The molecule has 101 heavy (non-hydrogen) atoms. The lowest BCUT2D eigenvalue weighted by atomic mass is 9.84. The van der Waals surface area contributed by atoms with Gasteiger partial charge in [0.1, 0.15) is 60.4 Å². The van der Waals surface area contributed by atoms with Gasteiger partial charge >= 0.3 is 0 Å². The van der Waals surface area contributed by atoms with Crippen molar-refractivity contribution in [1.82, 2.24) is 65.8 Å². The molecule has 1 saturated carbocycles. The molecule has 3 aliphatic heterocycles. The van der Waals surface area contributed by atoms with E-state index < -0.39 is 188 Å². The number of amides is 12. The third-order valence-electron chi connectivity index (χ3n) is 20.5. The third kappa shape index (κ3) is 25.1. The minimum Gasteiger partial charge on any atom is -0.391 e. The van der Waals surface area contributed by atoms with E-state index in [4.69, 9.17) is 4.74 Å². The number of piperidine rings is 1. The number of aliphatic hydroxyl groups is 1. The Labute approximate surface area is 599 Å². The van der Waals surface area contributed by atoms with E-state index in [0.29, 0.717) is 38.8 Å². The lowest BCUT2D eigenvalue weighted by Gasteiger charge is -2.39. The van der Waals surface area contributed by atoms with Gasteiger partial charge in [-0.3, -0.25) is 57.5 Å². The van der Waals surface area contributed by atoms with Gasteiger partial charge in [-0.05, 0) is 101 Å². The minimum absolute atomic E-state index is 0.00151. The number of halogens is 2. The van der Waals surface area contributed by atoms with Gasteiger partial charge in [0.15, 0.2) is 0 Å². The summed E-state index contributed by atoms with van der Waals surface area (Å²) < 4.78 is 34.7. The predicted molar refractivity (Wildman–Crippen MR) is 378 cm³/mol. The molecule has 0 bridgehead atoms. The van der Waals surface area contributed by atoms with E-state index in [2.05, 4.69) is 26.6 Å². The molecule has 0 radical (unpaired) electrons. The van der Waals surface area contributed by atoms with Gasteiger partial charge in [0.2, 0.25) is 70.9 Å². The van der Waals surface area contributed by atoms with Gasteiger partial charge in [-0.25, -0.2) is 8.78 Å². The Kier molecular flexibility index (Phi) is 34.7. The summed E-state index contributed by atoms with van der Waals surface area (Å²) in [6.07, 6.45) is 5.03. The molecule has 4 rings (SSSR count). The maximum atomic E-state index is 15.5. The Morgan fingerprint density at radius 3 is 1.60 bits per heavy atom. The molecule has 12 atom stereocenters. The zero-order chi connectivity index (χ0) is 76.1. The number of hydrogen-bond donors (Lipinski definition) is 6. The molecular formula is C72H125F2N13O14. The van der Waals surface area contributed by atoms with Crippen molar-refractivity contribution in [1.29, 1.82) is 0 Å². The van der Waals surface area contributed by atoms with Crippen LogP contribution in [0.4, 0.5) is 8.78 Å². The molecule has 4 fully saturated rings. The molecule has 0 aromatic heterocycles. The first-order valence-corrected chi connectivity index (χ1v) is 37.0. The average molecular weight is 1430 g/mol. The molecule has 0 aromatic rings. The van der Waals surface area contributed by atoms with Crippen molar-refractivity contribution in [3.8, 4) is 0 Å². The molecule has 0 aromatic carbocycles. The second-order valence-corrected chi connectivity index (χ2v) is 30.6. The summed E-state index contributed by atoms with van der Waals surface area (Å²) in [4.78, 5) is 189. The SMILES string of the molecule is CCCCN1CC(=O)N(C)[C@@H](CC(C)C)C(=O)N[C@H](C(=O)N2CCCCC2)CC(=O)N(C)C(C)C(=O)N[C@@H](COC[C@@H]2CC(F)(F)CN2)C(=O)N(C)[C@@H](CC(C)C)C(=O)N(C)[C@@H](CC)C(=O)N[C@@H](C(C)C)C(=O)N(C)[C@@H](CC2CCCCC2)C(=O)N(C)[C@@H](CC(C)C)C(=O)N[C@@H]([C@@H](C)O)C1=O. The van der Waals surface area contributed by atoms with Gasteiger partial charge in [0.25, 0.3) is 5.92 Å². The zero-order valence-corrected chi connectivity index (χ0v) is 63.9. The quantitative estimate of drug-likeness (QED) is 0.108. The number of unbranched alkanes of at least 4 members (excludes halogenated alkanes) is 1. The van der Waals surface area contributed by atoms with Gasteiger partial charge in [0.05, 0.1) is 38.8 Å². The highest BCUT2D eigenvalue weighted by molar-refractivity contribution is 6.00. The van der Waals surface area contributed by atoms with Crippen LogP contribution in [0, 0.1) is 29.6 Å². The molecule has 6 N–H and O–H groups in total. The average Bonchev–Trinajstić information content (AvgIpc) is 1.21. The summed E-state index contributed by atoms with van der Waals surface area (Å²) >= 11 is 0. The van der Waals surface area contributed by atoms with E-state index >= 15 is 24.0 Å². The number of aliphatic hydroxyl groups excluding tert-OH is 1. The molecule has 576 valence electrons. The number of likely N-dealkylation sites (tertiary alicyclic amines) is 1. The van der Waals surface area contributed by atoms with Gasteiger partial charge in [-0.2, -0.15) is 0 Å². The van der Waals surface area contributed by atoms with Crippen molar-refractivity contribution >= 4 is 70.9 Å². The highest BCUT2D eigenvalue weighted by atomic mass is 19.3. The Bertz CT molecular complexity index is 2800. The van der Waals surface area contributed by atoms with Crippen molar-refractivity contribution in [3.63, 3.8) is 0 Å². The molecule has 27 nitrogen and oxygen atoms in total. The topological polar surface area (TPSA) is 320 Å². The number of nitrogens with one attached hydrogen (secondary N) is 5. The van der Waals surface area contributed by atoms with Crippen molar-refractivity contribution in [2.24, 2.45) is 29.6 Å². The summed E-state index contributed by atoms with van der Waals surface area (Å²) in [7, 11) is 8.35. The number of alkyl halides is 2. The van der Waals surface area contributed by atoms with Crippen LogP contribution in [0.2, 0.25) is 0 Å². The molecule has 29 heteroatoms. The number of nitrogens with zero attached hydrogens (tertiary/aromatic N) is 8. The van der Waals surface area contributed by atoms with Crippen molar-refractivity contribution in [2.75, 3.05) is 88.2 Å². The van der Waals surface area contributed by atoms with Gasteiger partial charge in [-0.15, -0.1) is 0 Å². The first-order valence-electron chi connectivity index (χ1n) is 37.0. The van der Waals surface area contributed by atoms with Crippen LogP contribution >= 0.6 is 0 Å². The fourth-order valence-electron chi connectivity index (χ4n) is 13.9. The van der Waals surface area contributed by atoms with Crippen molar-refractivity contribution in [3.05, 3.63) is 0 Å². The minimum atomic E-state index is -3.02. The monoisotopic (exact) mass is 1430 g/mol. The van der Waals surface area contributed by atoms with Gasteiger partial charge in [-0.1, -0.05) is 108 Å². The molecule has 3 heterocycles. The van der Waals surface area contributed by atoms with E-state index in [9.17, 15) is 47.4 Å². The van der Waals surface area contributed by atoms with Gasteiger partial charge < -0.3 is 75.6 Å². The Morgan fingerprint density at radius 2 is 1.07 bits per heavy atom. The van der Waals surface area contributed by atoms with Crippen LogP contribution in [0.25, 0.3) is 0 Å². The molecular weight excluding hydrogens is 1310 g/mol. The fourth-order valence-corrected chi connectivity index (χ4v) is 13.9. The molecule has 3 saturated heterocycles. The Balaban J connectivity index is 1.94. The summed E-state index contributed by atoms with van der Waals surface area (Å²) in [5, 5.41) is 25.2. The van der Waals surface area contributed by atoms with Crippen molar-refractivity contribution in [2.45, 2.75) is 271 Å². The summed E-state index contributed by atoms with van der Waals surface area (Å²) in [6, 6.07) is -14.5. The normalized spacial score (nSPS) is 28.2. The van der Waals surface area contributed by atoms with Crippen LogP contribution in [0.5, 0.6) is 0 Å². The molecule has 0 spiro atoms. The number of carbonyl (C=O) groups excluding carboxylic acids is 12. The highest BCUT2D eigenvalue weighted by Gasteiger charge is 2.45. The number of likely N-dealkylation sites (N-methyl/N-ethyl adjacent to an activating group) is 6. The molecule has 12 amide bonds. The smallest absolute Gasteiger partial charge is 0.261 e. The van der Waals surface area contributed by atoms with Crippen LogP contribution in [0.15, 0.2) is 0 Å². The summed E-state index contributed by atoms with van der Waals surface area (Å²) in [5.41, 5.74) is 0. The van der Waals surface area contributed by atoms with E-state index in [1.54, 1.807) is 20.8 Å². The summed E-state index contributed by atoms with van der Waals surface area (Å²) in [5.74, 6) is -13.2. The fraction of sp³-hybridized carbons (Fsp3) is 0.833. The van der Waals surface area contributed by atoms with Crippen LogP contribution in [-0.2, 0) is 62.3 Å². The number of ether oxygens (including phenoxy) is 1. The maximum absolute atomic E-state index is 15.5. The lowest BCUT2D eigenvalue weighted by Crippen LogP contribution is -2.62. The molecule has 1 unspecified atom stereocenters. The zero-order valence-electron chi connectivity index (χ0n) is 63.9. The number of rotatable bonds is 19. The lowest BCUT2D eigenvalue weighted by molar-refractivity contribution is -0.152. The molecule has 1 aliphatic carbocycles. The second kappa shape index (κ2) is 40.4. The van der Waals surface area contributed by atoms with E-state index in [-0.39, 0.29) is 68.9 Å². The Morgan fingerprint density at radius 1 is 0.564 bits per heavy atom. The van der Waals surface area contributed by atoms with Crippen LogP contribution in [0.3, 0.4) is 0 Å². The van der Waals surface area contributed by atoms with Crippen LogP contribution < -0.4 is 26.6 Å². The largest absolute Gasteiger partial charge is 0.391 e. The summed E-state index contributed by atoms with van der Waals surface area (Å²) in [6.45, 7) is 19.2. The highest BCUT2D eigenvalue weighted by Crippen LogP contribution is 2.31.